The Bertz CT molecular complexity index is 1070. The summed E-state index contributed by atoms with van der Waals surface area (Å²) in [6.07, 6.45) is 1.62. The highest BCUT2D eigenvalue weighted by Gasteiger charge is 2.34. The maximum Gasteiger partial charge on any atom is 0.293 e. The van der Waals surface area contributed by atoms with E-state index >= 15 is 0 Å². The molecule has 0 atom stereocenters. The SMILES string of the molecule is CCOc1ccc(C=C2SC(=O)N(CCNC(=O)c3cc(Cl)cc(Cl)c3)C2=O)cc1OC. The Balaban J connectivity index is 1.64. The van der Waals surface area contributed by atoms with Gasteiger partial charge in [0.15, 0.2) is 11.5 Å². The van der Waals surface area contributed by atoms with Gasteiger partial charge in [0.2, 0.25) is 0 Å². The van der Waals surface area contributed by atoms with Crippen molar-refractivity contribution in [2.24, 2.45) is 0 Å². The van der Waals surface area contributed by atoms with Crippen LogP contribution in [0.5, 0.6) is 11.5 Å². The van der Waals surface area contributed by atoms with Crippen LogP contribution in [0.25, 0.3) is 6.08 Å². The van der Waals surface area contributed by atoms with Crippen LogP contribution in [0.1, 0.15) is 22.8 Å². The van der Waals surface area contributed by atoms with Gasteiger partial charge in [0.25, 0.3) is 17.1 Å². The van der Waals surface area contributed by atoms with Crippen LogP contribution in [0, 0.1) is 0 Å². The molecule has 10 heteroatoms. The summed E-state index contributed by atoms with van der Waals surface area (Å²) in [5.74, 6) is 0.298. The Kier molecular flexibility index (Phi) is 8.06. The second-order valence-corrected chi connectivity index (χ2v) is 8.46. The summed E-state index contributed by atoms with van der Waals surface area (Å²) in [5, 5.41) is 2.93. The van der Waals surface area contributed by atoms with Crippen molar-refractivity contribution in [3.63, 3.8) is 0 Å². The van der Waals surface area contributed by atoms with E-state index in [9.17, 15) is 14.4 Å². The van der Waals surface area contributed by atoms with Gasteiger partial charge in [-0.3, -0.25) is 19.3 Å². The van der Waals surface area contributed by atoms with E-state index in [-0.39, 0.29) is 18.0 Å². The van der Waals surface area contributed by atoms with Crippen LogP contribution in [-0.4, -0.2) is 48.8 Å². The van der Waals surface area contributed by atoms with E-state index in [4.69, 9.17) is 32.7 Å². The number of carbonyl (C=O) groups excluding carboxylic acids is 3. The predicted molar refractivity (Wildman–Crippen MR) is 126 cm³/mol. The van der Waals surface area contributed by atoms with E-state index in [1.165, 1.54) is 25.3 Å². The molecule has 3 amide bonds. The number of hydrogen-bond acceptors (Lipinski definition) is 6. The molecule has 0 aromatic heterocycles. The standard InChI is InChI=1S/C22H20Cl2N2O5S/c1-3-31-17-5-4-13(8-18(17)30-2)9-19-21(28)26(22(29)32-19)7-6-25-20(27)14-10-15(23)12-16(24)11-14/h4-5,8-12H,3,6-7H2,1-2H3,(H,25,27). The summed E-state index contributed by atoms with van der Waals surface area (Å²) >= 11 is 12.7. The number of halogens is 2. The highest BCUT2D eigenvalue weighted by Crippen LogP contribution is 2.34. The van der Waals surface area contributed by atoms with Crippen molar-refractivity contribution in [3.8, 4) is 11.5 Å². The molecule has 0 spiro atoms. The molecule has 3 rings (SSSR count). The van der Waals surface area contributed by atoms with Crippen molar-refractivity contribution in [1.82, 2.24) is 10.2 Å². The molecular weight excluding hydrogens is 475 g/mol. The second kappa shape index (κ2) is 10.8. The molecule has 2 aromatic rings. The Morgan fingerprint density at radius 2 is 1.84 bits per heavy atom. The average molecular weight is 495 g/mol. The lowest BCUT2D eigenvalue weighted by atomic mass is 10.2. The van der Waals surface area contributed by atoms with Crippen LogP contribution >= 0.6 is 35.0 Å². The quantitative estimate of drug-likeness (QED) is 0.527. The van der Waals surface area contributed by atoms with Crippen molar-refractivity contribution in [2.45, 2.75) is 6.92 Å². The fourth-order valence-corrected chi connectivity index (χ4v) is 4.35. The van der Waals surface area contributed by atoms with E-state index < -0.39 is 17.1 Å². The molecule has 2 aromatic carbocycles. The molecule has 1 fully saturated rings. The normalized spacial score (nSPS) is 14.8. The van der Waals surface area contributed by atoms with Gasteiger partial charge in [-0.15, -0.1) is 0 Å². The van der Waals surface area contributed by atoms with E-state index in [1.54, 1.807) is 24.3 Å². The fraction of sp³-hybridized carbons (Fsp3) is 0.227. The minimum Gasteiger partial charge on any atom is -0.493 e. The van der Waals surface area contributed by atoms with Crippen molar-refractivity contribution in [2.75, 3.05) is 26.8 Å². The highest BCUT2D eigenvalue weighted by molar-refractivity contribution is 8.18. The lowest BCUT2D eigenvalue weighted by Crippen LogP contribution is -2.37. The lowest BCUT2D eigenvalue weighted by molar-refractivity contribution is -0.122. The van der Waals surface area contributed by atoms with Gasteiger partial charge in [-0.05, 0) is 60.7 Å². The first-order valence-electron chi connectivity index (χ1n) is 9.63. The Morgan fingerprint density at radius 1 is 1.12 bits per heavy atom. The maximum atomic E-state index is 12.7. The van der Waals surface area contributed by atoms with Crippen molar-refractivity contribution >= 4 is 58.1 Å². The molecule has 1 heterocycles. The number of amides is 3. The van der Waals surface area contributed by atoms with Crippen LogP contribution in [0.15, 0.2) is 41.3 Å². The third-order valence-corrected chi connectivity index (χ3v) is 5.75. The highest BCUT2D eigenvalue weighted by atomic mass is 35.5. The first-order valence-corrected chi connectivity index (χ1v) is 11.2. The zero-order valence-electron chi connectivity index (χ0n) is 17.3. The number of imide groups is 1. The van der Waals surface area contributed by atoms with E-state index in [1.807, 2.05) is 6.92 Å². The number of nitrogens with zero attached hydrogens (tertiary/aromatic N) is 1. The number of thioether (sulfide) groups is 1. The van der Waals surface area contributed by atoms with Crippen molar-refractivity contribution in [1.29, 1.82) is 0 Å². The van der Waals surface area contributed by atoms with Crippen LogP contribution in [-0.2, 0) is 4.79 Å². The summed E-state index contributed by atoms with van der Waals surface area (Å²) in [6.45, 7) is 2.49. The molecule has 0 radical (unpaired) electrons. The topological polar surface area (TPSA) is 84.9 Å². The minimum atomic E-state index is -0.423. The maximum absolute atomic E-state index is 12.7. The minimum absolute atomic E-state index is 0.0364. The third kappa shape index (κ3) is 5.76. The lowest BCUT2D eigenvalue weighted by Gasteiger charge is -2.13. The predicted octanol–water partition coefficient (Wildman–Crippen LogP) is 4.87. The largest absolute Gasteiger partial charge is 0.493 e. The number of methoxy groups -OCH3 is 1. The summed E-state index contributed by atoms with van der Waals surface area (Å²) in [5.41, 5.74) is 0.989. The van der Waals surface area contributed by atoms with Gasteiger partial charge < -0.3 is 14.8 Å². The Labute approximate surface area is 199 Å². The zero-order chi connectivity index (χ0) is 23.3. The summed E-state index contributed by atoms with van der Waals surface area (Å²) in [6, 6.07) is 9.74. The molecule has 1 aliphatic heterocycles. The molecule has 7 nitrogen and oxygen atoms in total. The molecule has 0 aliphatic carbocycles. The zero-order valence-corrected chi connectivity index (χ0v) is 19.6. The monoisotopic (exact) mass is 494 g/mol. The van der Waals surface area contributed by atoms with Crippen LogP contribution < -0.4 is 14.8 Å². The summed E-state index contributed by atoms with van der Waals surface area (Å²) < 4.78 is 10.8. The number of hydrogen-bond donors (Lipinski definition) is 1. The number of ether oxygens (including phenoxy) is 2. The average Bonchev–Trinajstić information content (AvgIpc) is 3.01. The Morgan fingerprint density at radius 3 is 2.50 bits per heavy atom. The summed E-state index contributed by atoms with van der Waals surface area (Å²) in [4.78, 5) is 38.7. The van der Waals surface area contributed by atoms with Crippen molar-refractivity contribution < 1.29 is 23.9 Å². The van der Waals surface area contributed by atoms with Gasteiger partial charge in [0.05, 0.1) is 18.6 Å². The van der Waals surface area contributed by atoms with E-state index in [2.05, 4.69) is 5.32 Å². The number of benzene rings is 2. The molecule has 0 saturated carbocycles. The van der Waals surface area contributed by atoms with Crippen LogP contribution in [0.2, 0.25) is 10.0 Å². The fourth-order valence-electron chi connectivity index (χ4n) is 2.96. The third-order valence-electron chi connectivity index (χ3n) is 4.40. The molecule has 1 saturated heterocycles. The molecule has 32 heavy (non-hydrogen) atoms. The number of nitrogens with one attached hydrogen (secondary N) is 1. The van der Waals surface area contributed by atoms with Crippen molar-refractivity contribution in [3.05, 3.63) is 62.5 Å². The van der Waals surface area contributed by atoms with Crippen LogP contribution in [0.3, 0.4) is 0 Å². The summed E-state index contributed by atoms with van der Waals surface area (Å²) in [7, 11) is 1.53. The molecular formula is C22H20Cl2N2O5S. The first kappa shape index (κ1) is 24.0. The van der Waals surface area contributed by atoms with E-state index in [0.29, 0.717) is 39.3 Å². The van der Waals surface area contributed by atoms with Gasteiger partial charge >= 0.3 is 0 Å². The smallest absolute Gasteiger partial charge is 0.293 e. The molecule has 1 N–H and O–H groups in total. The van der Waals surface area contributed by atoms with Gasteiger partial charge in [-0.2, -0.15) is 0 Å². The number of rotatable bonds is 8. The van der Waals surface area contributed by atoms with E-state index in [0.717, 1.165) is 16.7 Å². The van der Waals surface area contributed by atoms with Gasteiger partial charge in [-0.1, -0.05) is 29.3 Å². The van der Waals surface area contributed by atoms with Crippen LogP contribution in [0.4, 0.5) is 4.79 Å². The Hall–Kier alpha value is -2.68. The van der Waals surface area contributed by atoms with Gasteiger partial charge in [-0.25, -0.2) is 0 Å². The van der Waals surface area contributed by atoms with Gasteiger partial charge in [0.1, 0.15) is 0 Å². The molecule has 0 bridgehead atoms. The molecule has 1 aliphatic rings. The first-order chi connectivity index (χ1) is 15.3. The molecule has 0 unspecified atom stereocenters. The van der Waals surface area contributed by atoms with Gasteiger partial charge in [0, 0.05) is 28.7 Å². The molecule has 168 valence electrons. The number of carbonyl (C=O) groups is 3. The second-order valence-electron chi connectivity index (χ2n) is 6.59.